The number of benzene rings is 2. The van der Waals surface area contributed by atoms with Crippen molar-refractivity contribution in [2.24, 2.45) is 0 Å². The van der Waals surface area contributed by atoms with Crippen LogP contribution in [0.2, 0.25) is 0 Å². The number of rotatable bonds is 6. The van der Waals surface area contributed by atoms with Gasteiger partial charge >= 0.3 is 0 Å². The van der Waals surface area contributed by atoms with E-state index in [9.17, 15) is 9.90 Å². The molecule has 1 saturated heterocycles. The van der Waals surface area contributed by atoms with Crippen molar-refractivity contribution in [1.29, 1.82) is 0 Å². The Balaban J connectivity index is 1.84. The lowest BCUT2D eigenvalue weighted by atomic mass is 9.95. The highest BCUT2D eigenvalue weighted by Gasteiger charge is 2.31. The third-order valence-electron chi connectivity index (χ3n) is 6.29. The Kier molecular flexibility index (Phi) is 6.63. The minimum atomic E-state index is -0.353. The topological polar surface area (TPSA) is 57.9 Å². The number of ether oxygens (including phenoxy) is 1. The highest BCUT2D eigenvalue weighted by molar-refractivity contribution is 5.43. The van der Waals surface area contributed by atoms with Crippen molar-refractivity contribution in [3.8, 4) is 11.5 Å². The van der Waals surface area contributed by atoms with Gasteiger partial charge in [-0.25, -0.2) is 0 Å². The van der Waals surface area contributed by atoms with E-state index in [0.29, 0.717) is 12.1 Å². The lowest BCUT2D eigenvalue weighted by molar-refractivity contribution is 0.125. The van der Waals surface area contributed by atoms with E-state index in [1.165, 1.54) is 0 Å². The van der Waals surface area contributed by atoms with Gasteiger partial charge in [0.05, 0.1) is 25.3 Å². The van der Waals surface area contributed by atoms with Crippen LogP contribution in [0.3, 0.4) is 0 Å². The number of hydrogen-bond donors (Lipinski definition) is 1. The zero-order chi connectivity index (χ0) is 22.7. The summed E-state index contributed by atoms with van der Waals surface area (Å²) >= 11 is 0. The Hall–Kier alpha value is -3.09. The van der Waals surface area contributed by atoms with Crippen LogP contribution in [0.5, 0.6) is 11.5 Å². The van der Waals surface area contributed by atoms with Gasteiger partial charge in [-0.2, -0.15) is 0 Å². The summed E-state index contributed by atoms with van der Waals surface area (Å²) in [6.45, 7) is 5.76. The van der Waals surface area contributed by atoms with Crippen LogP contribution < -0.4 is 10.3 Å². The van der Waals surface area contributed by atoms with E-state index in [-0.39, 0.29) is 17.4 Å². The molecule has 6 heteroatoms. The lowest BCUT2D eigenvalue weighted by Gasteiger charge is -2.38. The van der Waals surface area contributed by atoms with Crippen LogP contribution in [-0.2, 0) is 6.54 Å². The molecule has 0 aliphatic carbocycles. The van der Waals surface area contributed by atoms with Crippen LogP contribution in [-0.4, -0.2) is 59.8 Å². The van der Waals surface area contributed by atoms with Crippen LogP contribution in [0.15, 0.2) is 65.5 Å². The van der Waals surface area contributed by atoms with Crippen LogP contribution in [0.25, 0.3) is 0 Å². The van der Waals surface area contributed by atoms with E-state index in [2.05, 4.69) is 16.8 Å². The number of nitrogens with zero attached hydrogens (tertiary/aromatic N) is 3. The van der Waals surface area contributed by atoms with Crippen molar-refractivity contribution < 1.29 is 9.84 Å². The highest BCUT2D eigenvalue weighted by Crippen LogP contribution is 2.34. The fourth-order valence-corrected chi connectivity index (χ4v) is 4.44. The molecule has 0 spiro atoms. The Bertz CT molecular complexity index is 1120. The maximum Gasteiger partial charge on any atom is 0.259 e. The van der Waals surface area contributed by atoms with Crippen LogP contribution in [0.4, 0.5) is 0 Å². The Morgan fingerprint density at radius 1 is 1.00 bits per heavy atom. The normalized spacial score (nSPS) is 16.1. The smallest absolute Gasteiger partial charge is 0.259 e. The summed E-state index contributed by atoms with van der Waals surface area (Å²) in [6, 6.07) is 19.1. The van der Waals surface area contributed by atoms with Crippen LogP contribution in [0.1, 0.15) is 28.4 Å². The van der Waals surface area contributed by atoms with E-state index in [0.717, 1.165) is 48.7 Å². The van der Waals surface area contributed by atoms with Gasteiger partial charge in [0, 0.05) is 31.9 Å². The number of likely N-dealkylation sites (N-methyl/N-ethyl adjacent to an activating group) is 1. The van der Waals surface area contributed by atoms with Gasteiger partial charge in [-0.15, -0.1) is 0 Å². The van der Waals surface area contributed by atoms with E-state index in [1.807, 2.05) is 61.5 Å². The summed E-state index contributed by atoms with van der Waals surface area (Å²) < 4.78 is 7.21. The summed E-state index contributed by atoms with van der Waals surface area (Å²) in [5.41, 5.74) is 2.99. The molecule has 1 aromatic heterocycles. The molecular formula is C26H31N3O3. The molecule has 3 aromatic rings. The van der Waals surface area contributed by atoms with Crippen LogP contribution in [0, 0.1) is 6.92 Å². The monoisotopic (exact) mass is 433 g/mol. The summed E-state index contributed by atoms with van der Waals surface area (Å²) in [4.78, 5) is 18.4. The van der Waals surface area contributed by atoms with E-state index >= 15 is 0 Å². The molecule has 4 rings (SSSR count). The first-order valence-corrected chi connectivity index (χ1v) is 11.0. The molecule has 2 heterocycles. The zero-order valence-electron chi connectivity index (χ0n) is 19.0. The summed E-state index contributed by atoms with van der Waals surface area (Å²) in [5, 5.41) is 11.0. The minimum Gasteiger partial charge on any atom is -0.507 e. The number of piperazine rings is 1. The first-order chi connectivity index (χ1) is 15.5. The van der Waals surface area contributed by atoms with Crippen molar-refractivity contribution in [2.45, 2.75) is 19.5 Å². The van der Waals surface area contributed by atoms with Crippen LogP contribution >= 0.6 is 0 Å². The SMILES string of the molecule is COc1cccc(C(c2c(O)cc(C)n(Cc3ccccc3)c2=O)N2CCN(C)CC2)c1. The molecule has 168 valence electrons. The molecule has 1 unspecified atom stereocenters. The standard InChI is InChI=1S/C26H31N3O3/c1-19-16-23(30)24(26(31)29(19)18-20-8-5-4-6-9-20)25(28-14-12-27(2)13-15-28)21-10-7-11-22(17-21)32-3/h4-11,16-17,25,30H,12-15,18H2,1-3H3. The fraction of sp³-hybridized carbons (Fsp3) is 0.346. The Morgan fingerprint density at radius 2 is 1.72 bits per heavy atom. The third-order valence-corrected chi connectivity index (χ3v) is 6.29. The third kappa shape index (κ3) is 4.56. The molecule has 1 atom stereocenters. The largest absolute Gasteiger partial charge is 0.507 e. The van der Waals surface area contributed by atoms with E-state index in [1.54, 1.807) is 17.7 Å². The first kappa shape index (κ1) is 22.1. The summed E-state index contributed by atoms with van der Waals surface area (Å²) in [7, 11) is 3.74. The molecule has 0 radical (unpaired) electrons. The molecule has 2 aromatic carbocycles. The highest BCUT2D eigenvalue weighted by atomic mass is 16.5. The molecule has 1 fully saturated rings. The molecule has 1 N–H and O–H groups in total. The number of pyridine rings is 1. The lowest BCUT2D eigenvalue weighted by Crippen LogP contribution is -2.47. The van der Waals surface area contributed by atoms with Gasteiger partial charge in [0.15, 0.2) is 0 Å². The van der Waals surface area contributed by atoms with Gasteiger partial charge in [-0.05, 0) is 43.3 Å². The molecular weight excluding hydrogens is 402 g/mol. The molecule has 1 aliphatic heterocycles. The molecule has 0 saturated carbocycles. The maximum atomic E-state index is 13.8. The maximum absolute atomic E-state index is 13.8. The van der Waals surface area contributed by atoms with E-state index < -0.39 is 0 Å². The second kappa shape index (κ2) is 9.59. The second-order valence-electron chi connectivity index (χ2n) is 8.48. The van der Waals surface area contributed by atoms with Crippen molar-refractivity contribution in [3.63, 3.8) is 0 Å². The van der Waals surface area contributed by atoms with Crippen molar-refractivity contribution in [1.82, 2.24) is 14.4 Å². The number of methoxy groups -OCH3 is 1. The Labute approximate surface area is 189 Å². The predicted molar refractivity (Wildman–Crippen MR) is 127 cm³/mol. The molecule has 6 nitrogen and oxygen atoms in total. The predicted octanol–water partition coefficient (Wildman–Crippen LogP) is 3.26. The average molecular weight is 434 g/mol. The van der Waals surface area contributed by atoms with Crippen molar-refractivity contribution in [3.05, 3.63) is 93.4 Å². The molecule has 0 amide bonds. The van der Waals surface area contributed by atoms with Gasteiger partial charge in [0.2, 0.25) is 0 Å². The van der Waals surface area contributed by atoms with Crippen molar-refractivity contribution >= 4 is 0 Å². The zero-order valence-corrected chi connectivity index (χ0v) is 19.0. The minimum absolute atomic E-state index is 0.0450. The Morgan fingerprint density at radius 3 is 2.41 bits per heavy atom. The quantitative estimate of drug-likeness (QED) is 0.647. The second-order valence-corrected chi connectivity index (χ2v) is 8.48. The van der Waals surface area contributed by atoms with Gasteiger partial charge in [0.1, 0.15) is 11.5 Å². The number of aryl methyl sites for hydroxylation is 1. The number of aromatic hydroxyl groups is 1. The van der Waals surface area contributed by atoms with Gasteiger partial charge in [-0.3, -0.25) is 9.69 Å². The first-order valence-electron chi connectivity index (χ1n) is 11.0. The molecule has 1 aliphatic rings. The van der Waals surface area contributed by atoms with Crippen molar-refractivity contribution in [2.75, 3.05) is 40.3 Å². The number of hydrogen-bond acceptors (Lipinski definition) is 5. The fourth-order valence-electron chi connectivity index (χ4n) is 4.44. The van der Waals surface area contributed by atoms with E-state index in [4.69, 9.17) is 4.74 Å². The van der Waals surface area contributed by atoms with Gasteiger partial charge in [-0.1, -0.05) is 42.5 Å². The van der Waals surface area contributed by atoms with Gasteiger partial charge in [0.25, 0.3) is 5.56 Å². The summed E-state index contributed by atoms with van der Waals surface area (Å²) in [5.74, 6) is 0.779. The average Bonchev–Trinajstić information content (AvgIpc) is 2.81. The molecule has 0 bridgehead atoms. The summed E-state index contributed by atoms with van der Waals surface area (Å²) in [6.07, 6.45) is 0. The number of aromatic nitrogens is 1. The molecule has 32 heavy (non-hydrogen) atoms. The van der Waals surface area contributed by atoms with Gasteiger partial charge < -0.3 is 19.3 Å².